The van der Waals surface area contributed by atoms with Crippen LogP contribution in [0.5, 0.6) is 0 Å². The second-order valence-electron chi connectivity index (χ2n) is 5.86. The molecule has 0 aliphatic carbocycles. The van der Waals surface area contributed by atoms with E-state index < -0.39 is 0 Å². The van der Waals surface area contributed by atoms with Gasteiger partial charge in [-0.2, -0.15) is 0 Å². The summed E-state index contributed by atoms with van der Waals surface area (Å²) < 4.78 is 5.82. The first-order valence-corrected chi connectivity index (χ1v) is 7.43. The Bertz CT molecular complexity index is 548. The van der Waals surface area contributed by atoms with Crippen molar-refractivity contribution in [2.45, 2.75) is 46.4 Å². The molecule has 2 heterocycles. The lowest BCUT2D eigenvalue weighted by atomic mass is 10.2. The third kappa shape index (κ3) is 4.99. The minimum absolute atomic E-state index is 0.466. The molecule has 4 nitrogen and oxygen atoms in total. The molecule has 114 valence electrons. The van der Waals surface area contributed by atoms with Crippen molar-refractivity contribution in [2.24, 2.45) is 0 Å². The van der Waals surface area contributed by atoms with Crippen molar-refractivity contribution < 1.29 is 4.42 Å². The van der Waals surface area contributed by atoms with Gasteiger partial charge in [-0.15, -0.1) is 0 Å². The predicted octanol–water partition coefficient (Wildman–Crippen LogP) is 3.11. The Morgan fingerprint density at radius 1 is 1.24 bits per heavy atom. The van der Waals surface area contributed by atoms with E-state index in [0.29, 0.717) is 6.04 Å². The Labute approximate surface area is 127 Å². The summed E-state index contributed by atoms with van der Waals surface area (Å²) in [5.41, 5.74) is 2.53. The highest BCUT2D eigenvalue weighted by Gasteiger charge is 2.10. The van der Waals surface area contributed by atoms with Crippen molar-refractivity contribution in [3.05, 3.63) is 53.2 Å². The summed E-state index contributed by atoms with van der Waals surface area (Å²) in [6, 6.07) is 6.73. The van der Waals surface area contributed by atoms with Gasteiger partial charge in [-0.25, -0.2) is 0 Å². The summed E-state index contributed by atoms with van der Waals surface area (Å²) in [5, 5.41) is 3.38. The van der Waals surface area contributed by atoms with Gasteiger partial charge in [0.15, 0.2) is 0 Å². The molecule has 2 rings (SSSR count). The summed E-state index contributed by atoms with van der Waals surface area (Å²) in [4.78, 5) is 6.33. The van der Waals surface area contributed by atoms with E-state index in [9.17, 15) is 0 Å². The fraction of sp³-hybridized carbons (Fsp3) is 0.471. The molecule has 0 bridgehead atoms. The third-order valence-electron chi connectivity index (χ3n) is 3.40. The van der Waals surface area contributed by atoms with Crippen molar-refractivity contribution in [2.75, 3.05) is 7.05 Å². The maximum Gasteiger partial charge on any atom is 0.118 e. The van der Waals surface area contributed by atoms with E-state index in [-0.39, 0.29) is 0 Å². The molecule has 0 saturated carbocycles. The first-order chi connectivity index (χ1) is 10.0. The Morgan fingerprint density at radius 2 is 1.95 bits per heavy atom. The van der Waals surface area contributed by atoms with Crippen LogP contribution in [0.25, 0.3) is 0 Å². The van der Waals surface area contributed by atoms with Gasteiger partial charge in [0.25, 0.3) is 0 Å². The Morgan fingerprint density at radius 3 is 2.62 bits per heavy atom. The molecule has 0 atom stereocenters. The first kappa shape index (κ1) is 15.7. The standard InChI is InChI=1S/C17H25N3O/c1-13(2)19-10-17-9-16(14(3)21-17)12-20(4)11-15-5-7-18-8-6-15/h5-9,13,19H,10-12H2,1-4H3. The number of hydrogen-bond acceptors (Lipinski definition) is 4. The SMILES string of the molecule is Cc1oc(CNC(C)C)cc1CN(C)Cc1ccncc1. The highest BCUT2D eigenvalue weighted by Crippen LogP contribution is 2.17. The molecular formula is C17H25N3O. The molecule has 2 aromatic heterocycles. The van der Waals surface area contributed by atoms with Gasteiger partial charge in [0.2, 0.25) is 0 Å². The average molecular weight is 287 g/mol. The molecule has 0 aliphatic rings. The summed E-state index contributed by atoms with van der Waals surface area (Å²) in [6.45, 7) is 8.89. The van der Waals surface area contributed by atoms with Crippen LogP contribution in [0.4, 0.5) is 0 Å². The van der Waals surface area contributed by atoms with E-state index in [1.54, 1.807) is 0 Å². The van der Waals surface area contributed by atoms with E-state index in [1.807, 2.05) is 19.3 Å². The molecule has 0 saturated heterocycles. The van der Waals surface area contributed by atoms with Crippen LogP contribution < -0.4 is 5.32 Å². The van der Waals surface area contributed by atoms with Gasteiger partial charge < -0.3 is 9.73 Å². The van der Waals surface area contributed by atoms with E-state index in [1.165, 1.54) is 11.1 Å². The van der Waals surface area contributed by atoms with Crippen LogP contribution in [0.3, 0.4) is 0 Å². The van der Waals surface area contributed by atoms with E-state index in [0.717, 1.165) is 31.2 Å². The summed E-state index contributed by atoms with van der Waals surface area (Å²) >= 11 is 0. The molecule has 0 aliphatic heterocycles. The second-order valence-corrected chi connectivity index (χ2v) is 5.86. The zero-order chi connectivity index (χ0) is 15.2. The summed E-state index contributed by atoms with van der Waals surface area (Å²) in [7, 11) is 2.12. The molecule has 0 spiro atoms. The quantitative estimate of drug-likeness (QED) is 0.849. The monoisotopic (exact) mass is 287 g/mol. The van der Waals surface area contributed by atoms with Crippen LogP contribution in [0.2, 0.25) is 0 Å². The minimum Gasteiger partial charge on any atom is -0.465 e. The smallest absolute Gasteiger partial charge is 0.118 e. The number of pyridine rings is 1. The number of nitrogens with zero attached hydrogens (tertiary/aromatic N) is 2. The Balaban J connectivity index is 1.92. The average Bonchev–Trinajstić information content (AvgIpc) is 2.78. The van der Waals surface area contributed by atoms with Crippen LogP contribution in [-0.2, 0) is 19.6 Å². The van der Waals surface area contributed by atoms with Crippen LogP contribution >= 0.6 is 0 Å². The summed E-state index contributed by atoms with van der Waals surface area (Å²) in [6.07, 6.45) is 3.67. The number of rotatable bonds is 7. The van der Waals surface area contributed by atoms with Crippen molar-refractivity contribution in [1.82, 2.24) is 15.2 Å². The van der Waals surface area contributed by atoms with Gasteiger partial charge in [0.1, 0.15) is 11.5 Å². The number of hydrogen-bond donors (Lipinski definition) is 1. The number of aromatic nitrogens is 1. The highest BCUT2D eigenvalue weighted by atomic mass is 16.3. The molecule has 0 fully saturated rings. The highest BCUT2D eigenvalue weighted by molar-refractivity contribution is 5.21. The molecule has 21 heavy (non-hydrogen) atoms. The molecule has 2 aromatic rings. The topological polar surface area (TPSA) is 41.3 Å². The van der Waals surface area contributed by atoms with E-state index >= 15 is 0 Å². The maximum absolute atomic E-state index is 5.82. The zero-order valence-corrected chi connectivity index (χ0v) is 13.4. The Kier molecular flexibility index (Phi) is 5.53. The minimum atomic E-state index is 0.466. The zero-order valence-electron chi connectivity index (χ0n) is 13.4. The number of aryl methyl sites for hydroxylation is 1. The van der Waals surface area contributed by atoms with Crippen LogP contribution in [-0.4, -0.2) is 23.0 Å². The van der Waals surface area contributed by atoms with Crippen molar-refractivity contribution >= 4 is 0 Å². The largest absolute Gasteiger partial charge is 0.465 e. The molecular weight excluding hydrogens is 262 g/mol. The van der Waals surface area contributed by atoms with Gasteiger partial charge >= 0.3 is 0 Å². The van der Waals surface area contributed by atoms with Crippen LogP contribution in [0, 0.1) is 6.92 Å². The first-order valence-electron chi connectivity index (χ1n) is 7.43. The maximum atomic E-state index is 5.82. The molecule has 0 unspecified atom stereocenters. The van der Waals surface area contributed by atoms with Crippen LogP contribution in [0.1, 0.15) is 36.5 Å². The molecule has 0 radical (unpaired) electrons. The third-order valence-corrected chi connectivity index (χ3v) is 3.40. The van der Waals surface area contributed by atoms with Gasteiger partial charge in [-0.05, 0) is 37.7 Å². The summed E-state index contributed by atoms with van der Waals surface area (Å²) in [5.74, 6) is 2.02. The fourth-order valence-corrected chi connectivity index (χ4v) is 2.28. The number of nitrogens with one attached hydrogen (secondary N) is 1. The lowest BCUT2D eigenvalue weighted by molar-refractivity contribution is 0.316. The second kappa shape index (κ2) is 7.38. The van der Waals surface area contributed by atoms with Gasteiger partial charge in [-0.1, -0.05) is 13.8 Å². The van der Waals surface area contributed by atoms with Crippen LogP contribution in [0.15, 0.2) is 35.0 Å². The Hall–Kier alpha value is -1.65. The van der Waals surface area contributed by atoms with Crippen molar-refractivity contribution in [3.63, 3.8) is 0 Å². The van der Waals surface area contributed by atoms with E-state index in [4.69, 9.17) is 4.42 Å². The number of furan rings is 1. The fourth-order valence-electron chi connectivity index (χ4n) is 2.28. The molecule has 4 heteroatoms. The van der Waals surface area contributed by atoms with Gasteiger partial charge in [0, 0.05) is 37.1 Å². The molecule has 0 amide bonds. The van der Waals surface area contributed by atoms with Gasteiger partial charge in [0.05, 0.1) is 6.54 Å². The lowest BCUT2D eigenvalue weighted by Crippen LogP contribution is -2.21. The van der Waals surface area contributed by atoms with E-state index in [2.05, 4.69) is 54.3 Å². The lowest BCUT2D eigenvalue weighted by Gasteiger charge is -2.15. The van der Waals surface area contributed by atoms with Gasteiger partial charge in [-0.3, -0.25) is 9.88 Å². The van der Waals surface area contributed by atoms with Crippen molar-refractivity contribution in [3.8, 4) is 0 Å². The molecule has 0 aromatic carbocycles. The normalized spacial score (nSPS) is 11.5. The predicted molar refractivity (Wildman–Crippen MR) is 84.8 cm³/mol. The molecule has 1 N–H and O–H groups in total. The van der Waals surface area contributed by atoms with Crippen molar-refractivity contribution in [1.29, 1.82) is 0 Å².